The minimum Gasteiger partial charge on any atom is -0.468 e. The normalized spacial score (nSPS) is 10.9. The van der Waals surface area contributed by atoms with E-state index in [1.54, 1.807) is 6.92 Å². The van der Waals surface area contributed by atoms with E-state index in [1.807, 2.05) is 0 Å². The molecule has 8 nitrogen and oxygen atoms in total. The molecule has 0 heterocycles. The van der Waals surface area contributed by atoms with Crippen molar-refractivity contribution in [1.29, 1.82) is 0 Å². The van der Waals surface area contributed by atoms with Crippen LogP contribution in [0.3, 0.4) is 0 Å². The standard InChI is InChI=1S/C15H22O8/c1-4-22-14(19)23-11-6-5-8-15(9-7-10-16,12(17)20-2)13(18)21-3/h5-6,10H,4,7-9,11H2,1-3H3/b6-5+. The highest BCUT2D eigenvalue weighted by Gasteiger charge is 2.46. The molecule has 130 valence electrons. The van der Waals surface area contributed by atoms with E-state index >= 15 is 0 Å². The Bertz CT molecular complexity index is 425. The summed E-state index contributed by atoms with van der Waals surface area (Å²) in [7, 11) is 2.29. The van der Waals surface area contributed by atoms with Crippen LogP contribution in [-0.4, -0.2) is 51.8 Å². The van der Waals surface area contributed by atoms with E-state index in [4.69, 9.17) is 4.74 Å². The van der Waals surface area contributed by atoms with Crippen LogP contribution in [0.2, 0.25) is 0 Å². The van der Waals surface area contributed by atoms with Gasteiger partial charge in [0.1, 0.15) is 12.9 Å². The Hall–Kier alpha value is -2.38. The van der Waals surface area contributed by atoms with Crippen LogP contribution >= 0.6 is 0 Å². The molecule has 0 rings (SSSR count). The first-order valence-electron chi connectivity index (χ1n) is 7.03. The molecule has 0 spiro atoms. The molecule has 0 aromatic rings. The molecule has 0 amide bonds. The van der Waals surface area contributed by atoms with Crippen molar-refractivity contribution in [3.05, 3.63) is 12.2 Å². The maximum absolute atomic E-state index is 12.0. The first-order valence-corrected chi connectivity index (χ1v) is 7.03. The molecule has 0 fully saturated rings. The highest BCUT2D eigenvalue weighted by Crippen LogP contribution is 2.32. The number of hydrogen-bond acceptors (Lipinski definition) is 8. The summed E-state index contributed by atoms with van der Waals surface area (Å²) in [6.45, 7) is 1.76. The van der Waals surface area contributed by atoms with Crippen LogP contribution in [0.4, 0.5) is 4.79 Å². The largest absolute Gasteiger partial charge is 0.508 e. The highest BCUT2D eigenvalue weighted by molar-refractivity contribution is 6.00. The van der Waals surface area contributed by atoms with Gasteiger partial charge in [0.25, 0.3) is 0 Å². The topological polar surface area (TPSA) is 105 Å². The van der Waals surface area contributed by atoms with Crippen LogP contribution < -0.4 is 0 Å². The second kappa shape index (κ2) is 11.2. The minimum atomic E-state index is -1.61. The average molecular weight is 330 g/mol. The van der Waals surface area contributed by atoms with Crippen molar-refractivity contribution in [3.63, 3.8) is 0 Å². The molecule has 0 aliphatic rings. The van der Waals surface area contributed by atoms with E-state index in [0.29, 0.717) is 6.29 Å². The van der Waals surface area contributed by atoms with E-state index in [0.717, 1.165) is 14.2 Å². The molecule has 0 aliphatic carbocycles. The number of hydrogen-bond donors (Lipinski definition) is 0. The van der Waals surface area contributed by atoms with Gasteiger partial charge in [0.05, 0.1) is 20.8 Å². The number of aldehydes is 1. The summed E-state index contributed by atoms with van der Waals surface area (Å²) in [4.78, 5) is 45.6. The predicted molar refractivity (Wildman–Crippen MR) is 78.5 cm³/mol. The van der Waals surface area contributed by atoms with Crippen LogP contribution in [0.15, 0.2) is 12.2 Å². The summed E-state index contributed by atoms with van der Waals surface area (Å²) in [5.74, 6) is -1.58. The van der Waals surface area contributed by atoms with Crippen molar-refractivity contribution in [3.8, 4) is 0 Å². The van der Waals surface area contributed by atoms with Crippen molar-refractivity contribution in [2.24, 2.45) is 5.41 Å². The van der Waals surface area contributed by atoms with Crippen molar-refractivity contribution in [2.75, 3.05) is 27.4 Å². The zero-order valence-electron chi connectivity index (χ0n) is 13.5. The van der Waals surface area contributed by atoms with Gasteiger partial charge in [0.15, 0.2) is 5.41 Å². The second-order valence-electron chi connectivity index (χ2n) is 4.44. The van der Waals surface area contributed by atoms with Crippen LogP contribution in [0.25, 0.3) is 0 Å². The van der Waals surface area contributed by atoms with Gasteiger partial charge in [-0.15, -0.1) is 0 Å². The highest BCUT2D eigenvalue weighted by atomic mass is 16.7. The van der Waals surface area contributed by atoms with Gasteiger partial charge in [-0.3, -0.25) is 9.59 Å². The Kier molecular flexibility index (Phi) is 10.1. The van der Waals surface area contributed by atoms with E-state index in [9.17, 15) is 19.2 Å². The van der Waals surface area contributed by atoms with Gasteiger partial charge in [0.2, 0.25) is 0 Å². The Labute approximate surface area is 134 Å². The fourth-order valence-corrected chi connectivity index (χ4v) is 1.88. The number of carbonyl (C=O) groups excluding carboxylic acids is 4. The van der Waals surface area contributed by atoms with E-state index < -0.39 is 23.5 Å². The number of ether oxygens (including phenoxy) is 4. The average Bonchev–Trinajstić information content (AvgIpc) is 2.56. The molecular formula is C15H22O8. The Morgan fingerprint density at radius 1 is 1.00 bits per heavy atom. The molecule has 0 saturated carbocycles. The fraction of sp³-hybridized carbons (Fsp3) is 0.600. The maximum Gasteiger partial charge on any atom is 0.508 e. The van der Waals surface area contributed by atoms with Gasteiger partial charge >= 0.3 is 18.1 Å². The molecule has 0 bridgehead atoms. The minimum absolute atomic E-state index is 0.00261. The number of methoxy groups -OCH3 is 2. The van der Waals surface area contributed by atoms with Gasteiger partial charge in [0, 0.05) is 6.42 Å². The third kappa shape index (κ3) is 6.50. The molecular weight excluding hydrogens is 308 g/mol. The summed E-state index contributed by atoms with van der Waals surface area (Å²) in [5.41, 5.74) is -1.61. The van der Waals surface area contributed by atoms with Crippen molar-refractivity contribution in [1.82, 2.24) is 0 Å². The molecule has 0 aromatic carbocycles. The maximum atomic E-state index is 12.0. The molecule has 0 radical (unpaired) electrons. The lowest BCUT2D eigenvalue weighted by Crippen LogP contribution is -2.41. The summed E-state index contributed by atoms with van der Waals surface area (Å²) in [5, 5.41) is 0. The van der Waals surface area contributed by atoms with Crippen molar-refractivity contribution >= 4 is 24.4 Å². The molecule has 0 atom stereocenters. The predicted octanol–water partition coefficient (Wildman–Crippen LogP) is 1.42. The van der Waals surface area contributed by atoms with Crippen molar-refractivity contribution < 1.29 is 38.1 Å². The second-order valence-corrected chi connectivity index (χ2v) is 4.44. The number of allylic oxidation sites excluding steroid dienone is 1. The molecule has 8 heteroatoms. The Morgan fingerprint density at radius 2 is 1.61 bits per heavy atom. The lowest BCUT2D eigenvalue weighted by Gasteiger charge is -2.26. The lowest BCUT2D eigenvalue weighted by atomic mass is 9.80. The van der Waals surface area contributed by atoms with Gasteiger partial charge in [-0.05, 0) is 19.8 Å². The van der Waals surface area contributed by atoms with E-state index in [1.165, 1.54) is 12.2 Å². The van der Waals surface area contributed by atoms with Crippen LogP contribution in [-0.2, 0) is 33.3 Å². The lowest BCUT2D eigenvalue weighted by molar-refractivity contribution is -0.169. The van der Waals surface area contributed by atoms with E-state index in [-0.39, 0.29) is 32.5 Å². The van der Waals surface area contributed by atoms with Gasteiger partial charge in [-0.2, -0.15) is 0 Å². The summed E-state index contributed by atoms with van der Waals surface area (Å²) in [6.07, 6.45) is 2.64. The zero-order valence-corrected chi connectivity index (χ0v) is 13.5. The Morgan fingerprint density at radius 3 is 2.09 bits per heavy atom. The van der Waals surface area contributed by atoms with E-state index in [2.05, 4.69) is 14.2 Å². The first kappa shape index (κ1) is 20.6. The summed E-state index contributed by atoms with van der Waals surface area (Å²) >= 11 is 0. The van der Waals surface area contributed by atoms with Crippen LogP contribution in [0, 0.1) is 5.41 Å². The van der Waals surface area contributed by atoms with Crippen LogP contribution in [0.1, 0.15) is 26.2 Å². The summed E-state index contributed by atoms with van der Waals surface area (Å²) < 4.78 is 18.6. The number of rotatable bonds is 10. The quantitative estimate of drug-likeness (QED) is 0.195. The number of esters is 2. The molecule has 0 unspecified atom stereocenters. The smallest absolute Gasteiger partial charge is 0.468 e. The van der Waals surface area contributed by atoms with Gasteiger partial charge < -0.3 is 23.7 Å². The van der Waals surface area contributed by atoms with Crippen molar-refractivity contribution in [2.45, 2.75) is 26.2 Å². The van der Waals surface area contributed by atoms with Crippen LogP contribution in [0.5, 0.6) is 0 Å². The number of carbonyl (C=O) groups is 4. The molecule has 23 heavy (non-hydrogen) atoms. The molecule has 0 saturated heterocycles. The molecule has 0 aliphatic heterocycles. The third-order valence-electron chi connectivity index (χ3n) is 3.03. The molecule has 0 aromatic heterocycles. The Balaban J connectivity index is 4.92. The fourth-order valence-electron chi connectivity index (χ4n) is 1.88. The molecule has 0 N–H and O–H groups in total. The zero-order chi connectivity index (χ0) is 17.7. The van der Waals surface area contributed by atoms with Gasteiger partial charge in [-0.1, -0.05) is 12.2 Å². The first-order chi connectivity index (χ1) is 11.0. The van der Waals surface area contributed by atoms with Gasteiger partial charge in [-0.25, -0.2) is 4.79 Å². The third-order valence-corrected chi connectivity index (χ3v) is 3.03. The SMILES string of the molecule is CCOC(=O)OC/C=C/CC(CCC=O)(C(=O)OC)C(=O)OC. The monoisotopic (exact) mass is 330 g/mol. The summed E-state index contributed by atoms with van der Waals surface area (Å²) in [6, 6.07) is 0.